The summed E-state index contributed by atoms with van der Waals surface area (Å²) in [5.74, 6) is 0.463. The lowest BCUT2D eigenvalue weighted by Gasteiger charge is -2.07. The molecule has 2 rings (SSSR count). The second-order valence-corrected chi connectivity index (χ2v) is 4.18. The van der Waals surface area contributed by atoms with E-state index in [-0.39, 0.29) is 12.5 Å². The van der Waals surface area contributed by atoms with Crippen LogP contribution in [0.3, 0.4) is 0 Å². The Labute approximate surface area is 102 Å². The van der Waals surface area contributed by atoms with E-state index in [1.165, 1.54) is 11.3 Å². The Kier molecular flexibility index (Phi) is 3.66. The normalized spacial score (nSPS) is 9.94. The zero-order valence-electron chi connectivity index (χ0n) is 9.21. The predicted molar refractivity (Wildman–Crippen MR) is 65.2 cm³/mol. The molecule has 0 unspecified atom stereocenters. The highest BCUT2D eigenvalue weighted by molar-refractivity contribution is 7.13. The van der Waals surface area contributed by atoms with E-state index in [1.807, 2.05) is 31.2 Å². The van der Waals surface area contributed by atoms with Crippen molar-refractivity contribution in [3.05, 3.63) is 35.3 Å². The number of rotatable bonds is 4. The Bertz CT molecular complexity index is 499. The van der Waals surface area contributed by atoms with Gasteiger partial charge in [0.1, 0.15) is 11.3 Å². The van der Waals surface area contributed by atoms with E-state index in [9.17, 15) is 4.79 Å². The first-order chi connectivity index (χ1) is 8.25. The number of ether oxygens (including phenoxy) is 1. The van der Waals surface area contributed by atoms with E-state index in [0.29, 0.717) is 10.9 Å². The third-order valence-electron chi connectivity index (χ3n) is 2.06. The van der Waals surface area contributed by atoms with Crippen molar-refractivity contribution in [2.45, 2.75) is 6.92 Å². The molecule has 0 atom stereocenters. The van der Waals surface area contributed by atoms with Crippen LogP contribution in [0.25, 0.3) is 0 Å². The maximum Gasteiger partial charge on any atom is 0.264 e. The molecule has 0 spiro atoms. The van der Waals surface area contributed by atoms with Crippen molar-refractivity contribution in [1.82, 2.24) is 10.2 Å². The molecule has 1 amide bonds. The molecule has 0 bridgehead atoms. The molecule has 6 heteroatoms. The fourth-order valence-electron chi connectivity index (χ4n) is 1.24. The molecule has 0 saturated carbocycles. The van der Waals surface area contributed by atoms with Crippen molar-refractivity contribution >= 4 is 22.4 Å². The molecular formula is C11H11N3O2S. The second-order valence-electron chi connectivity index (χ2n) is 3.35. The Morgan fingerprint density at radius 3 is 3.00 bits per heavy atom. The summed E-state index contributed by atoms with van der Waals surface area (Å²) in [5, 5.41) is 10.4. The van der Waals surface area contributed by atoms with E-state index < -0.39 is 0 Å². The molecular weight excluding hydrogens is 238 g/mol. The van der Waals surface area contributed by atoms with Gasteiger partial charge >= 0.3 is 0 Å². The van der Waals surface area contributed by atoms with Gasteiger partial charge in [-0.15, -0.1) is 10.2 Å². The molecule has 1 aromatic carbocycles. The second kappa shape index (κ2) is 5.40. The van der Waals surface area contributed by atoms with Gasteiger partial charge in [0.15, 0.2) is 6.61 Å². The highest BCUT2D eigenvalue weighted by Gasteiger charge is 2.06. The van der Waals surface area contributed by atoms with Crippen LogP contribution in [0, 0.1) is 6.92 Å². The molecule has 0 aliphatic heterocycles. The summed E-state index contributed by atoms with van der Waals surface area (Å²) >= 11 is 1.27. The summed E-state index contributed by atoms with van der Waals surface area (Å²) < 4.78 is 5.39. The Morgan fingerprint density at radius 1 is 1.47 bits per heavy atom. The first-order valence-corrected chi connectivity index (χ1v) is 5.88. The van der Waals surface area contributed by atoms with Gasteiger partial charge in [-0.1, -0.05) is 29.5 Å². The number of carbonyl (C=O) groups excluding carboxylic acids is 1. The highest BCUT2D eigenvalue weighted by Crippen LogP contribution is 2.16. The van der Waals surface area contributed by atoms with Crippen LogP contribution in [0.15, 0.2) is 29.8 Å². The molecule has 0 saturated heterocycles. The van der Waals surface area contributed by atoms with Gasteiger partial charge in [-0.2, -0.15) is 0 Å². The number of hydrogen-bond donors (Lipinski definition) is 1. The summed E-state index contributed by atoms with van der Waals surface area (Å²) in [6.45, 7) is 1.89. The Balaban J connectivity index is 1.86. The lowest BCUT2D eigenvalue weighted by molar-refractivity contribution is -0.118. The molecule has 17 heavy (non-hydrogen) atoms. The number of para-hydroxylation sites is 1. The number of carbonyl (C=O) groups is 1. The largest absolute Gasteiger partial charge is 0.483 e. The number of hydrogen-bond acceptors (Lipinski definition) is 5. The van der Waals surface area contributed by atoms with Gasteiger partial charge in [0.25, 0.3) is 5.91 Å². The van der Waals surface area contributed by atoms with Crippen molar-refractivity contribution in [2.24, 2.45) is 0 Å². The van der Waals surface area contributed by atoms with Crippen LogP contribution in [0.1, 0.15) is 5.56 Å². The van der Waals surface area contributed by atoms with Crippen LogP contribution in [0.4, 0.5) is 5.13 Å². The van der Waals surface area contributed by atoms with E-state index in [1.54, 1.807) is 5.51 Å². The van der Waals surface area contributed by atoms with Crippen molar-refractivity contribution in [1.29, 1.82) is 0 Å². The number of anilines is 1. The lowest BCUT2D eigenvalue weighted by Crippen LogP contribution is -2.20. The summed E-state index contributed by atoms with van der Waals surface area (Å²) in [5.41, 5.74) is 2.55. The summed E-state index contributed by atoms with van der Waals surface area (Å²) in [6.07, 6.45) is 0. The lowest BCUT2D eigenvalue weighted by atomic mass is 10.2. The molecule has 0 fully saturated rings. The predicted octanol–water partition coefficient (Wildman–Crippen LogP) is 1.86. The highest BCUT2D eigenvalue weighted by atomic mass is 32.1. The average molecular weight is 249 g/mol. The van der Waals surface area contributed by atoms with Crippen LogP contribution < -0.4 is 10.1 Å². The van der Waals surface area contributed by atoms with Crippen molar-refractivity contribution in [3.63, 3.8) is 0 Å². The summed E-state index contributed by atoms with van der Waals surface area (Å²) in [7, 11) is 0. The number of benzene rings is 1. The summed E-state index contributed by atoms with van der Waals surface area (Å²) in [4.78, 5) is 11.5. The number of aromatic nitrogens is 2. The van der Waals surface area contributed by atoms with Crippen LogP contribution in [-0.2, 0) is 4.79 Å². The smallest absolute Gasteiger partial charge is 0.264 e. The SMILES string of the molecule is Cc1ccccc1OCC(=O)Nc1nncs1. The molecule has 2 aromatic rings. The van der Waals surface area contributed by atoms with Gasteiger partial charge in [0.2, 0.25) is 5.13 Å². The van der Waals surface area contributed by atoms with Crippen LogP contribution in [-0.4, -0.2) is 22.7 Å². The molecule has 1 N–H and O–H groups in total. The van der Waals surface area contributed by atoms with E-state index in [4.69, 9.17) is 4.74 Å². The maximum atomic E-state index is 11.5. The molecule has 1 heterocycles. The van der Waals surface area contributed by atoms with Gasteiger partial charge in [-0.25, -0.2) is 0 Å². The third kappa shape index (κ3) is 3.25. The minimum absolute atomic E-state index is 0.0373. The summed E-state index contributed by atoms with van der Waals surface area (Å²) in [6, 6.07) is 7.54. The van der Waals surface area contributed by atoms with Crippen molar-refractivity contribution < 1.29 is 9.53 Å². The minimum Gasteiger partial charge on any atom is -0.483 e. The van der Waals surface area contributed by atoms with Crippen molar-refractivity contribution in [2.75, 3.05) is 11.9 Å². The third-order valence-corrected chi connectivity index (χ3v) is 2.67. The number of amides is 1. The standard InChI is InChI=1S/C11H11N3O2S/c1-8-4-2-3-5-9(8)16-6-10(15)13-11-14-12-7-17-11/h2-5,7H,6H2,1H3,(H,13,14,15). The Morgan fingerprint density at radius 2 is 2.29 bits per heavy atom. The molecule has 0 aliphatic carbocycles. The van der Waals surface area contributed by atoms with Crippen LogP contribution in [0.5, 0.6) is 5.75 Å². The monoisotopic (exact) mass is 249 g/mol. The minimum atomic E-state index is -0.245. The zero-order valence-corrected chi connectivity index (χ0v) is 10.0. The van der Waals surface area contributed by atoms with E-state index in [2.05, 4.69) is 15.5 Å². The topological polar surface area (TPSA) is 64.1 Å². The first kappa shape index (κ1) is 11.5. The first-order valence-electron chi connectivity index (χ1n) is 5.00. The van der Waals surface area contributed by atoms with E-state index >= 15 is 0 Å². The number of nitrogens with one attached hydrogen (secondary N) is 1. The van der Waals surface area contributed by atoms with Crippen LogP contribution in [0.2, 0.25) is 0 Å². The Hall–Kier alpha value is -1.95. The van der Waals surface area contributed by atoms with Gasteiger partial charge in [0, 0.05) is 0 Å². The molecule has 1 aromatic heterocycles. The average Bonchev–Trinajstić information content (AvgIpc) is 2.81. The van der Waals surface area contributed by atoms with Gasteiger partial charge in [0.05, 0.1) is 0 Å². The van der Waals surface area contributed by atoms with Gasteiger partial charge in [-0.3, -0.25) is 10.1 Å². The van der Waals surface area contributed by atoms with Crippen molar-refractivity contribution in [3.8, 4) is 5.75 Å². The zero-order chi connectivity index (χ0) is 12.1. The molecule has 88 valence electrons. The molecule has 5 nitrogen and oxygen atoms in total. The fraction of sp³-hybridized carbons (Fsp3) is 0.182. The number of aryl methyl sites for hydroxylation is 1. The van der Waals surface area contributed by atoms with Crippen LogP contribution >= 0.6 is 11.3 Å². The fourth-order valence-corrected chi connectivity index (χ4v) is 1.71. The van der Waals surface area contributed by atoms with Gasteiger partial charge < -0.3 is 4.74 Å². The maximum absolute atomic E-state index is 11.5. The quantitative estimate of drug-likeness (QED) is 0.898. The number of nitrogens with zero attached hydrogens (tertiary/aromatic N) is 2. The van der Waals surface area contributed by atoms with E-state index in [0.717, 1.165) is 5.56 Å². The molecule has 0 aliphatic rings. The molecule has 0 radical (unpaired) electrons. The van der Waals surface area contributed by atoms with Gasteiger partial charge in [-0.05, 0) is 18.6 Å².